The molecule has 202 valence electrons. The predicted octanol–water partition coefficient (Wildman–Crippen LogP) is 6.20. The van der Waals surface area contributed by atoms with E-state index in [0.717, 1.165) is 56.7 Å². The van der Waals surface area contributed by atoms with Gasteiger partial charge in [-0.25, -0.2) is 4.39 Å². The Hall–Kier alpha value is -2.31. The highest BCUT2D eigenvalue weighted by molar-refractivity contribution is 5.97. The molecule has 0 saturated carbocycles. The number of ketones is 1. The average Bonchev–Trinajstić information content (AvgIpc) is 2.85. The molecular formula is C30H47F2N3O. The number of hydrogen-bond donors (Lipinski definition) is 0. The Morgan fingerprint density at radius 2 is 1.56 bits per heavy atom. The molecule has 0 unspecified atom stereocenters. The van der Waals surface area contributed by atoms with Gasteiger partial charge in [0.1, 0.15) is 5.82 Å². The normalized spacial score (nSPS) is 13.6. The predicted molar refractivity (Wildman–Crippen MR) is 150 cm³/mol. The van der Waals surface area contributed by atoms with Crippen LogP contribution in [-0.2, 0) is 12.8 Å². The van der Waals surface area contributed by atoms with E-state index in [2.05, 4.69) is 54.8 Å². The first-order valence-corrected chi connectivity index (χ1v) is 13.2. The standard InChI is InChI=1S/C20H33N3O.C8H9F.C2H5F/c1-6-18-15-19(14-16(2)20(18)17(3)24)23-12-10-22(11-13-23)9-7-8-21(4)5;1-2-7-3-5-8(9)6-4-7;1-2-3/h14-15H,6-13H2,1-5H3;3-6H,2H2,1H3;2H2,1H3. The van der Waals surface area contributed by atoms with E-state index < -0.39 is 0 Å². The molecule has 0 N–H and O–H groups in total. The van der Waals surface area contributed by atoms with Crippen LogP contribution < -0.4 is 4.90 Å². The SMILES string of the molecule is CCF.CCc1cc(N2CCN(CCCN(C)C)CC2)cc(C)c1C(C)=O.CCc1ccc(F)cc1. The highest BCUT2D eigenvalue weighted by Crippen LogP contribution is 2.25. The lowest BCUT2D eigenvalue weighted by molar-refractivity contribution is 0.101. The van der Waals surface area contributed by atoms with Gasteiger partial charge in [-0.15, -0.1) is 0 Å². The van der Waals surface area contributed by atoms with Crippen molar-refractivity contribution in [3.05, 3.63) is 64.5 Å². The Morgan fingerprint density at radius 3 is 2.03 bits per heavy atom. The van der Waals surface area contributed by atoms with Crippen LogP contribution in [-0.4, -0.2) is 75.6 Å². The minimum atomic E-state index is -0.250. The van der Waals surface area contributed by atoms with Crippen molar-refractivity contribution in [2.45, 2.75) is 53.9 Å². The second kappa shape index (κ2) is 17.2. The van der Waals surface area contributed by atoms with Crippen LogP contribution in [0.15, 0.2) is 36.4 Å². The number of nitrogens with zero attached hydrogens (tertiary/aromatic N) is 3. The van der Waals surface area contributed by atoms with Gasteiger partial charge in [-0.2, -0.15) is 0 Å². The van der Waals surface area contributed by atoms with E-state index in [4.69, 9.17) is 0 Å². The van der Waals surface area contributed by atoms with E-state index in [9.17, 15) is 13.6 Å². The van der Waals surface area contributed by atoms with E-state index in [1.165, 1.54) is 48.8 Å². The molecule has 2 aromatic rings. The molecule has 1 saturated heterocycles. The van der Waals surface area contributed by atoms with Crippen molar-refractivity contribution in [1.29, 1.82) is 0 Å². The third-order valence-electron chi connectivity index (χ3n) is 6.27. The van der Waals surface area contributed by atoms with Gasteiger partial charge in [0.2, 0.25) is 0 Å². The lowest BCUT2D eigenvalue weighted by Gasteiger charge is -2.36. The lowest BCUT2D eigenvalue weighted by Crippen LogP contribution is -2.47. The summed E-state index contributed by atoms with van der Waals surface area (Å²) in [4.78, 5) is 19.2. The summed E-state index contributed by atoms with van der Waals surface area (Å²) in [5.74, 6) is 0.0220. The zero-order chi connectivity index (χ0) is 27.1. The van der Waals surface area contributed by atoms with Gasteiger partial charge in [0, 0.05) is 37.4 Å². The van der Waals surface area contributed by atoms with Gasteiger partial charge in [-0.3, -0.25) is 14.1 Å². The van der Waals surface area contributed by atoms with Crippen LogP contribution in [0.3, 0.4) is 0 Å². The number of halogens is 2. The molecule has 1 heterocycles. The Morgan fingerprint density at radius 1 is 0.972 bits per heavy atom. The molecule has 0 amide bonds. The third-order valence-corrected chi connectivity index (χ3v) is 6.27. The van der Waals surface area contributed by atoms with Gasteiger partial charge >= 0.3 is 0 Å². The number of anilines is 1. The third kappa shape index (κ3) is 11.2. The minimum Gasteiger partial charge on any atom is -0.369 e. The zero-order valence-electron chi connectivity index (χ0n) is 23.5. The molecule has 0 radical (unpaired) electrons. The van der Waals surface area contributed by atoms with Crippen LogP contribution in [0.4, 0.5) is 14.5 Å². The van der Waals surface area contributed by atoms with Crippen molar-refractivity contribution in [2.24, 2.45) is 0 Å². The fourth-order valence-corrected chi connectivity index (χ4v) is 4.37. The van der Waals surface area contributed by atoms with Crippen LogP contribution in [0.5, 0.6) is 0 Å². The molecule has 1 aliphatic rings. The Labute approximate surface area is 218 Å². The van der Waals surface area contributed by atoms with Gasteiger partial charge in [0.05, 0.1) is 6.67 Å². The van der Waals surface area contributed by atoms with Crippen LogP contribution in [0.2, 0.25) is 0 Å². The zero-order valence-corrected chi connectivity index (χ0v) is 23.5. The van der Waals surface area contributed by atoms with Gasteiger partial charge in [0.25, 0.3) is 0 Å². The first-order chi connectivity index (χ1) is 17.2. The van der Waals surface area contributed by atoms with Crippen molar-refractivity contribution >= 4 is 11.5 Å². The molecule has 0 spiro atoms. The van der Waals surface area contributed by atoms with Crippen LogP contribution >= 0.6 is 0 Å². The van der Waals surface area contributed by atoms with Gasteiger partial charge in [-0.05, 0) is 108 Å². The minimum absolute atomic E-state index is 0.160. The Bertz CT molecular complexity index is 892. The summed E-state index contributed by atoms with van der Waals surface area (Å²) < 4.78 is 22.5. The fraction of sp³-hybridized carbons (Fsp3) is 0.567. The summed E-state index contributed by atoms with van der Waals surface area (Å²) in [6.45, 7) is 15.9. The number of benzene rings is 2. The summed E-state index contributed by atoms with van der Waals surface area (Å²) >= 11 is 0. The number of alkyl halides is 1. The molecule has 0 aliphatic carbocycles. The molecule has 0 bridgehead atoms. The first-order valence-electron chi connectivity index (χ1n) is 13.2. The molecule has 36 heavy (non-hydrogen) atoms. The summed E-state index contributed by atoms with van der Waals surface area (Å²) in [5.41, 5.74) is 5.68. The molecule has 1 fully saturated rings. The highest BCUT2D eigenvalue weighted by Gasteiger charge is 2.19. The maximum Gasteiger partial charge on any atom is 0.160 e. The Balaban J connectivity index is 0.000000446. The second-order valence-corrected chi connectivity index (χ2v) is 9.44. The maximum atomic E-state index is 12.2. The van der Waals surface area contributed by atoms with Crippen molar-refractivity contribution in [1.82, 2.24) is 9.80 Å². The van der Waals surface area contributed by atoms with Crippen LogP contribution in [0, 0.1) is 12.7 Å². The molecule has 1 aliphatic heterocycles. The van der Waals surface area contributed by atoms with Gasteiger partial charge in [-0.1, -0.05) is 26.0 Å². The van der Waals surface area contributed by atoms with Crippen molar-refractivity contribution in [3.8, 4) is 0 Å². The second-order valence-electron chi connectivity index (χ2n) is 9.44. The summed E-state index contributed by atoms with van der Waals surface area (Å²) in [6.07, 6.45) is 3.12. The molecule has 0 aromatic heterocycles. The smallest absolute Gasteiger partial charge is 0.160 e. The number of carbonyl (C=O) groups excluding carboxylic acids is 1. The topological polar surface area (TPSA) is 26.8 Å². The quantitative estimate of drug-likeness (QED) is 0.401. The fourth-order valence-electron chi connectivity index (χ4n) is 4.37. The lowest BCUT2D eigenvalue weighted by atomic mass is 9.95. The largest absolute Gasteiger partial charge is 0.369 e. The number of hydrogen-bond acceptors (Lipinski definition) is 4. The van der Waals surface area contributed by atoms with E-state index in [-0.39, 0.29) is 18.3 Å². The van der Waals surface area contributed by atoms with Crippen LogP contribution in [0.25, 0.3) is 0 Å². The molecule has 2 aromatic carbocycles. The summed E-state index contributed by atoms with van der Waals surface area (Å²) in [5, 5.41) is 0. The van der Waals surface area contributed by atoms with Gasteiger partial charge in [0.15, 0.2) is 5.78 Å². The van der Waals surface area contributed by atoms with Crippen LogP contribution in [0.1, 0.15) is 61.2 Å². The van der Waals surface area contributed by atoms with Crippen molar-refractivity contribution in [3.63, 3.8) is 0 Å². The monoisotopic (exact) mass is 503 g/mol. The summed E-state index contributed by atoms with van der Waals surface area (Å²) in [6, 6.07) is 11.0. The number of carbonyl (C=O) groups is 1. The molecule has 4 nitrogen and oxygen atoms in total. The van der Waals surface area contributed by atoms with Crippen molar-refractivity contribution in [2.75, 3.05) is 64.9 Å². The van der Waals surface area contributed by atoms with Gasteiger partial charge < -0.3 is 9.80 Å². The Kier molecular flexibility index (Phi) is 15.2. The average molecular weight is 504 g/mol. The van der Waals surface area contributed by atoms with E-state index >= 15 is 0 Å². The molecule has 0 atom stereocenters. The molecule has 6 heteroatoms. The maximum absolute atomic E-state index is 12.2. The van der Waals surface area contributed by atoms with E-state index in [1.54, 1.807) is 19.1 Å². The number of Topliss-reactive ketones (excluding diaryl/α,β-unsaturated/α-hetero) is 1. The van der Waals surface area contributed by atoms with E-state index in [1.807, 2.05) is 6.92 Å². The number of piperazine rings is 1. The summed E-state index contributed by atoms with van der Waals surface area (Å²) in [7, 11) is 4.27. The van der Waals surface area contributed by atoms with Crippen molar-refractivity contribution < 1.29 is 13.6 Å². The molecule has 3 rings (SSSR count). The molecular weight excluding hydrogens is 456 g/mol. The first kappa shape index (κ1) is 31.7. The number of aryl methyl sites for hydroxylation is 3. The number of rotatable bonds is 8. The van der Waals surface area contributed by atoms with E-state index in [0.29, 0.717) is 0 Å². The highest BCUT2D eigenvalue weighted by atomic mass is 19.1.